The fraction of sp³-hybridized carbons (Fsp3) is 0.600. The molecule has 0 unspecified atom stereocenters. The van der Waals surface area contributed by atoms with Crippen LogP contribution in [-0.4, -0.2) is 0 Å². The van der Waals surface area contributed by atoms with Crippen LogP contribution in [0.25, 0.3) is 0 Å². The molecule has 0 saturated heterocycles. The van der Waals surface area contributed by atoms with Crippen molar-refractivity contribution in [2.45, 2.75) is 37.9 Å². The van der Waals surface area contributed by atoms with Gasteiger partial charge in [0.25, 0.3) is 0 Å². The molecule has 0 N–H and O–H groups in total. The molecule has 1 aliphatic carbocycles. The van der Waals surface area contributed by atoms with E-state index in [0.29, 0.717) is 0 Å². The van der Waals surface area contributed by atoms with Crippen LogP contribution in [0.15, 0.2) is 22.7 Å². The molecule has 0 aliphatic heterocycles. The van der Waals surface area contributed by atoms with Crippen LogP contribution in [0.1, 0.15) is 32.6 Å². The molecule has 0 amide bonds. The average molecular weight is 192 g/mol. The van der Waals surface area contributed by atoms with E-state index in [4.69, 9.17) is 0 Å². The van der Waals surface area contributed by atoms with Crippen LogP contribution in [0.2, 0.25) is 5.32 Å². The predicted octanol–water partition coefficient (Wildman–Crippen LogP) is 3.52. The molecular weight excluding hydrogens is 176 g/mol. The summed E-state index contributed by atoms with van der Waals surface area (Å²) >= 11 is 1.33. The summed E-state index contributed by atoms with van der Waals surface area (Å²) in [6, 6.07) is 0. The summed E-state index contributed by atoms with van der Waals surface area (Å²) in [5, 5.41) is 1.39. The summed E-state index contributed by atoms with van der Waals surface area (Å²) < 4.78 is 1.63. The Morgan fingerprint density at radius 3 is 3.00 bits per heavy atom. The Bertz CT molecular complexity index is 156. The van der Waals surface area contributed by atoms with E-state index in [-0.39, 0.29) is 0 Å². The molecule has 0 aromatic heterocycles. The normalized spacial score (nSPS) is 15.9. The Morgan fingerprint density at radius 2 is 2.36 bits per heavy atom. The molecule has 0 radical (unpaired) electrons. The van der Waals surface area contributed by atoms with Gasteiger partial charge < -0.3 is 0 Å². The third kappa shape index (κ3) is 3.79. The fourth-order valence-corrected chi connectivity index (χ4v) is 2.37. The Labute approximate surface area is 75.9 Å². The first-order valence-corrected chi connectivity index (χ1v) is 5.68. The first-order chi connectivity index (χ1) is 5.43. The van der Waals surface area contributed by atoms with Gasteiger partial charge in [0, 0.05) is 0 Å². The third-order valence-corrected chi connectivity index (χ3v) is 3.27. The molecule has 0 aromatic rings. The van der Waals surface area contributed by atoms with Crippen LogP contribution in [-0.2, 0) is 15.0 Å². The first kappa shape index (κ1) is 9.09. The summed E-state index contributed by atoms with van der Waals surface area (Å²) in [4.78, 5) is 0. The van der Waals surface area contributed by atoms with Crippen LogP contribution in [0.5, 0.6) is 0 Å². The molecule has 0 nitrogen and oxygen atoms in total. The second-order valence-electron chi connectivity index (χ2n) is 2.74. The molecule has 1 rings (SSSR count). The van der Waals surface area contributed by atoms with Gasteiger partial charge in [-0.3, -0.25) is 0 Å². The van der Waals surface area contributed by atoms with Crippen molar-refractivity contribution in [2.75, 3.05) is 0 Å². The second kappa shape index (κ2) is 5.62. The van der Waals surface area contributed by atoms with Crippen molar-refractivity contribution >= 4 is 0 Å². The number of rotatable bonds is 5. The summed E-state index contributed by atoms with van der Waals surface area (Å²) in [5.74, 6) is 0. The maximum absolute atomic E-state index is 2.27. The molecule has 0 bridgehead atoms. The zero-order chi connectivity index (χ0) is 7.94. The number of hydrogen-bond donors (Lipinski definition) is 0. The van der Waals surface area contributed by atoms with E-state index in [9.17, 15) is 0 Å². The summed E-state index contributed by atoms with van der Waals surface area (Å²) in [6.07, 6.45) is 12.1. The van der Waals surface area contributed by atoms with Crippen molar-refractivity contribution in [3.8, 4) is 0 Å². The zero-order valence-electron chi connectivity index (χ0n) is 7.12. The molecule has 0 fully saturated rings. The van der Waals surface area contributed by atoms with Gasteiger partial charge in [0.2, 0.25) is 0 Å². The van der Waals surface area contributed by atoms with E-state index in [2.05, 4.69) is 25.2 Å². The Hall–Kier alpha value is -0.000519. The third-order valence-electron chi connectivity index (χ3n) is 1.69. The zero-order valence-corrected chi connectivity index (χ0v) is 8.23. The number of allylic oxidation sites excluding steroid dienone is 4. The molecule has 1 heteroatoms. The van der Waals surface area contributed by atoms with Crippen LogP contribution in [0.3, 0.4) is 0 Å². The average Bonchev–Trinajstić information content (AvgIpc) is 2.50. The molecule has 0 aromatic carbocycles. The molecule has 64 valence electrons. The predicted molar refractivity (Wildman–Crippen MR) is 46.2 cm³/mol. The van der Waals surface area contributed by atoms with Gasteiger partial charge in [-0.2, -0.15) is 0 Å². The van der Waals surface area contributed by atoms with Crippen molar-refractivity contribution < 1.29 is 15.0 Å². The van der Waals surface area contributed by atoms with Gasteiger partial charge >= 0.3 is 75.6 Å². The van der Waals surface area contributed by atoms with Gasteiger partial charge in [-0.1, -0.05) is 0 Å². The quantitative estimate of drug-likeness (QED) is 0.461. The molecular formula is C10H16Fe. The maximum atomic E-state index is 2.27. The molecule has 0 heterocycles. The number of unbranched alkanes of at least 4 members (excludes halogenated alkanes) is 2. The SMILES string of the molecule is CCCC[CH2][Fe][C]1=CC=CC1. The van der Waals surface area contributed by atoms with Crippen LogP contribution >= 0.6 is 0 Å². The number of hydrogen-bond acceptors (Lipinski definition) is 0. The topological polar surface area (TPSA) is 0 Å². The summed E-state index contributed by atoms with van der Waals surface area (Å²) in [7, 11) is 0. The second-order valence-corrected chi connectivity index (χ2v) is 4.39. The van der Waals surface area contributed by atoms with Crippen LogP contribution in [0, 0.1) is 0 Å². The monoisotopic (exact) mass is 192 g/mol. The minimum atomic E-state index is 1.21. The van der Waals surface area contributed by atoms with E-state index >= 15 is 0 Å². The molecule has 1 aliphatic rings. The Balaban J connectivity index is 1.95. The van der Waals surface area contributed by atoms with Gasteiger partial charge in [-0.15, -0.1) is 0 Å². The van der Waals surface area contributed by atoms with Gasteiger partial charge in [0.05, 0.1) is 0 Å². The van der Waals surface area contributed by atoms with Crippen molar-refractivity contribution in [3.05, 3.63) is 22.7 Å². The molecule has 0 atom stereocenters. The standard InChI is InChI=1S/C5H5.C5H11.Fe/c1-2-4-5-3-1;1-3-5-4-2;/h1-3H,4H2;1,3-5H2,2H3;. The van der Waals surface area contributed by atoms with E-state index in [0.717, 1.165) is 0 Å². The van der Waals surface area contributed by atoms with Crippen LogP contribution in [0.4, 0.5) is 0 Å². The molecule has 0 spiro atoms. The van der Waals surface area contributed by atoms with Crippen molar-refractivity contribution in [2.24, 2.45) is 0 Å². The Morgan fingerprint density at radius 1 is 1.45 bits per heavy atom. The minimum absolute atomic E-state index is 1.21. The van der Waals surface area contributed by atoms with Gasteiger partial charge in [0.15, 0.2) is 0 Å². The van der Waals surface area contributed by atoms with Crippen LogP contribution < -0.4 is 0 Å². The van der Waals surface area contributed by atoms with E-state index in [1.54, 1.807) is 4.47 Å². The van der Waals surface area contributed by atoms with E-state index in [1.807, 2.05) is 0 Å². The summed E-state index contributed by atoms with van der Waals surface area (Å²) in [5.41, 5.74) is 0. The Kier molecular flexibility index (Phi) is 4.65. The van der Waals surface area contributed by atoms with Gasteiger partial charge in [0.1, 0.15) is 0 Å². The van der Waals surface area contributed by atoms with Gasteiger partial charge in [-0.05, 0) is 0 Å². The molecule has 0 saturated carbocycles. The van der Waals surface area contributed by atoms with Crippen molar-refractivity contribution in [1.82, 2.24) is 0 Å². The van der Waals surface area contributed by atoms with E-state index < -0.39 is 0 Å². The van der Waals surface area contributed by atoms with Gasteiger partial charge in [-0.25, -0.2) is 0 Å². The van der Waals surface area contributed by atoms with E-state index in [1.165, 1.54) is 46.0 Å². The molecule has 11 heavy (non-hydrogen) atoms. The van der Waals surface area contributed by atoms with Crippen molar-refractivity contribution in [1.29, 1.82) is 0 Å². The fourth-order valence-electron chi connectivity index (χ4n) is 1.02. The summed E-state index contributed by atoms with van der Waals surface area (Å²) in [6.45, 7) is 2.26. The van der Waals surface area contributed by atoms with Crippen molar-refractivity contribution in [3.63, 3.8) is 0 Å². The first-order valence-electron chi connectivity index (χ1n) is 4.35.